The molecule has 4 rings (SSSR count). The molecule has 1 saturated heterocycles. The minimum absolute atomic E-state index is 0.552. The van der Waals surface area contributed by atoms with Gasteiger partial charge in [-0.3, -0.25) is 4.90 Å². The van der Waals surface area contributed by atoms with Gasteiger partial charge in [-0.1, -0.05) is 37.1 Å². The van der Waals surface area contributed by atoms with Crippen LogP contribution in [0.1, 0.15) is 55.7 Å². The number of likely N-dealkylation sites (tertiary alicyclic amines) is 1. The molecule has 114 valence electrons. The second kappa shape index (κ2) is 6.10. The molecule has 21 heavy (non-hydrogen) atoms. The standard InChI is InChI=1S/C19H28N2/c1-3-9-17-15(6-1)11-12-20-18(17)14-21-13-5-8-16-7-2-4-10-19(16)21/h1,3,6,9,16,18-20H,2,4-5,7-8,10-14H2. The van der Waals surface area contributed by atoms with Crippen molar-refractivity contribution in [3.8, 4) is 0 Å². The predicted molar refractivity (Wildman–Crippen MR) is 87.4 cm³/mol. The number of hydrogen-bond donors (Lipinski definition) is 1. The lowest BCUT2D eigenvalue weighted by molar-refractivity contribution is 0.0522. The van der Waals surface area contributed by atoms with Gasteiger partial charge in [0.2, 0.25) is 0 Å². The summed E-state index contributed by atoms with van der Waals surface area (Å²) >= 11 is 0. The Bertz CT molecular complexity index is 482. The van der Waals surface area contributed by atoms with E-state index in [-0.39, 0.29) is 0 Å². The smallest absolute Gasteiger partial charge is 0.0452 e. The Morgan fingerprint density at radius 3 is 2.90 bits per heavy atom. The van der Waals surface area contributed by atoms with Crippen molar-refractivity contribution in [3.63, 3.8) is 0 Å². The van der Waals surface area contributed by atoms with E-state index in [0.29, 0.717) is 6.04 Å². The number of nitrogens with zero attached hydrogens (tertiary/aromatic N) is 1. The molecule has 0 amide bonds. The molecule has 1 aromatic carbocycles. The highest BCUT2D eigenvalue weighted by Crippen LogP contribution is 2.36. The van der Waals surface area contributed by atoms with Gasteiger partial charge in [-0.05, 0) is 62.2 Å². The quantitative estimate of drug-likeness (QED) is 0.894. The first-order chi connectivity index (χ1) is 10.4. The van der Waals surface area contributed by atoms with Crippen molar-refractivity contribution in [1.29, 1.82) is 0 Å². The number of fused-ring (bicyclic) bond motifs is 2. The Labute approximate surface area is 128 Å². The van der Waals surface area contributed by atoms with Crippen molar-refractivity contribution in [2.24, 2.45) is 5.92 Å². The molecule has 2 fully saturated rings. The van der Waals surface area contributed by atoms with Crippen molar-refractivity contribution in [2.75, 3.05) is 19.6 Å². The average Bonchev–Trinajstić information content (AvgIpc) is 2.56. The highest BCUT2D eigenvalue weighted by Gasteiger charge is 2.34. The van der Waals surface area contributed by atoms with E-state index in [0.717, 1.165) is 18.5 Å². The van der Waals surface area contributed by atoms with Crippen LogP contribution in [0.4, 0.5) is 0 Å². The largest absolute Gasteiger partial charge is 0.309 e. The summed E-state index contributed by atoms with van der Waals surface area (Å²) in [7, 11) is 0. The molecule has 1 aliphatic carbocycles. The van der Waals surface area contributed by atoms with Crippen LogP contribution in [-0.4, -0.2) is 30.6 Å². The Morgan fingerprint density at radius 2 is 1.90 bits per heavy atom. The molecule has 0 spiro atoms. The van der Waals surface area contributed by atoms with Crippen molar-refractivity contribution in [3.05, 3.63) is 35.4 Å². The second-order valence-electron chi connectivity index (χ2n) is 7.20. The zero-order valence-corrected chi connectivity index (χ0v) is 13.1. The molecule has 2 aliphatic heterocycles. The third kappa shape index (κ3) is 2.76. The van der Waals surface area contributed by atoms with Crippen LogP contribution in [0, 0.1) is 5.92 Å². The molecular formula is C19H28N2. The number of nitrogens with one attached hydrogen (secondary N) is 1. The summed E-state index contributed by atoms with van der Waals surface area (Å²) in [6.45, 7) is 3.68. The van der Waals surface area contributed by atoms with E-state index in [4.69, 9.17) is 0 Å². The molecular weight excluding hydrogens is 256 g/mol. The first kappa shape index (κ1) is 13.8. The summed E-state index contributed by atoms with van der Waals surface area (Å²) in [5.41, 5.74) is 3.13. The van der Waals surface area contributed by atoms with Crippen LogP contribution in [0.5, 0.6) is 0 Å². The molecule has 2 nitrogen and oxygen atoms in total. The molecule has 1 N–H and O–H groups in total. The zero-order chi connectivity index (χ0) is 14.1. The third-order valence-electron chi connectivity index (χ3n) is 5.99. The SMILES string of the molecule is c1ccc2c(c1)CCNC2CN1CCCC2CCCCC21. The summed E-state index contributed by atoms with van der Waals surface area (Å²) in [5, 5.41) is 3.78. The third-order valence-corrected chi connectivity index (χ3v) is 5.99. The predicted octanol–water partition coefficient (Wildman–Crippen LogP) is 3.53. The normalized spacial score (nSPS) is 33.2. The summed E-state index contributed by atoms with van der Waals surface area (Å²) in [6, 6.07) is 10.5. The monoisotopic (exact) mass is 284 g/mol. The molecule has 0 aromatic heterocycles. The van der Waals surface area contributed by atoms with E-state index in [1.807, 2.05) is 0 Å². The average molecular weight is 284 g/mol. The van der Waals surface area contributed by atoms with Crippen molar-refractivity contribution >= 4 is 0 Å². The van der Waals surface area contributed by atoms with Gasteiger partial charge in [0, 0.05) is 18.6 Å². The molecule has 1 aromatic rings. The molecule has 3 aliphatic rings. The maximum Gasteiger partial charge on any atom is 0.0452 e. The molecule has 0 radical (unpaired) electrons. The fourth-order valence-electron chi connectivity index (χ4n) is 4.94. The zero-order valence-electron chi connectivity index (χ0n) is 13.1. The highest BCUT2D eigenvalue weighted by atomic mass is 15.2. The van der Waals surface area contributed by atoms with Crippen molar-refractivity contribution < 1.29 is 0 Å². The molecule has 0 bridgehead atoms. The van der Waals surface area contributed by atoms with E-state index in [9.17, 15) is 0 Å². The van der Waals surface area contributed by atoms with Crippen LogP contribution >= 0.6 is 0 Å². The Kier molecular flexibility index (Phi) is 4.00. The van der Waals surface area contributed by atoms with Gasteiger partial charge in [-0.2, -0.15) is 0 Å². The van der Waals surface area contributed by atoms with E-state index in [1.165, 1.54) is 58.0 Å². The second-order valence-corrected chi connectivity index (χ2v) is 7.20. The minimum atomic E-state index is 0.552. The van der Waals surface area contributed by atoms with Gasteiger partial charge in [-0.25, -0.2) is 0 Å². The Hall–Kier alpha value is -0.860. The molecule has 1 saturated carbocycles. The summed E-state index contributed by atoms with van der Waals surface area (Å²) in [6.07, 6.45) is 9.94. The molecule has 2 heteroatoms. The number of benzene rings is 1. The van der Waals surface area contributed by atoms with Gasteiger partial charge in [0.05, 0.1) is 0 Å². The van der Waals surface area contributed by atoms with Crippen LogP contribution in [0.15, 0.2) is 24.3 Å². The van der Waals surface area contributed by atoms with Gasteiger partial charge in [0.1, 0.15) is 0 Å². The minimum Gasteiger partial charge on any atom is -0.309 e. The van der Waals surface area contributed by atoms with Crippen LogP contribution in [0.25, 0.3) is 0 Å². The lowest BCUT2D eigenvalue weighted by Gasteiger charge is -2.46. The maximum absolute atomic E-state index is 3.78. The lowest BCUT2D eigenvalue weighted by Crippen LogP contribution is -2.50. The summed E-state index contributed by atoms with van der Waals surface area (Å²) < 4.78 is 0. The molecule has 3 unspecified atom stereocenters. The van der Waals surface area contributed by atoms with Crippen LogP contribution < -0.4 is 5.32 Å². The van der Waals surface area contributed by atoms with Crippen LogP contribution in [0.2, 0.25) is 0 Å². The topological polar surface area (TPSA) is 15.3 Å². The van der Waals surface area contributed by atoms with Gasteiger partial charge >= 0.3 is 0 Å². The fraction of sp³-hybridized carbons (Fsp3) is 0.684. The first-order valence-corrected chi connectivity index (χ1v) is 8.97. The van der Waals surface area contributed by atoms with E-state index < -0.39 is 0 Å². The van der Waals surface area contributed by atoms with E-state index in [1.54, 1.807) is 11.1 Å². The maximum atomic E-state index is 3.78. The fourth-order valence-corrected chi connectivity index (χ4v) is 4.94. The van der Waals surface area contributed by atoms with E-state index >= 15 is 0 Å². The van der Waals surface area contributed by atoms with Gasteiger partial charge in [-0.15, -0.1) is 0 Å². The lowest BCUT2D eigenvalue weighted by atomic mass is 9.78. The van der Waals surface area contributed by atoms with Crippen LogP contribution in [-0.2, 0) is 6.42 Å². The highest BCUT2D eigenvalue weighted by molar-refractivity contribution is 5.32. The first-order valence-electron chi connectivity index (χ1n) is 8.97. The number of rotatable bonds is 2. The number of piperidine rings is 1. The van der Waals surface area contributed by atoms with Crippen molar-refractivity contribution in [2.45, 2.75) is 57.0 Å². The molecule has 3 atom stereocenters. The number of hydrogen-bond acceptors (Lipinski definition) is 2. The van der Waals surface area contributed by atoms with E-state index in [2.05, 4.69) is 34.5 Å². The van der Waals surface area contributed by atoms with Gasteiger partial charge in [0.25, 0.3) is 0 Å². The Morgan fingerprint density at radius 1 is 1.05 bits per heavy atom. The summed E-state index contributed by atoms with van der Waals surface area (Å²) in [4.78, 5) is 2.83. The van der Waals surface area contributed by atoms with Gasteiger partial charge < -0.3 is 5.32 Å². The summed E-state index contributed by atoms with van der Waals surface area (Å²) in [5.74, 6) is 0.992. The van der Waals surface area contributed by atoms with Crippen molar-refractivity contribution in [1.82, 2.24) is 10.2 Å². The van der Waals surface area contributed by atoms with Crippen LogP contribution in [0.3, 0.4) is 0 Å². The van der Waals surface area contributed by atoms with Gasteiger partial charge in [0.15, 0.2) is 0 Å². The Balaban J connectivity index is 1.50. The molecule has 2 heterocycles.